The van der Waals surface area contributed by atoms with Crippen molar-refractivity contribution in [2.75, 3.05) is 7.05 Å². The summed E-state index contributed by atoms with van der Waals surface area (Å²) in [6.45, 7) is 0.801. The third-order valence-corrected chi connectivity index (χ3v) is 3.66. The molecule has 0 spiro atoms. The molecule has 0 aliphatic rings. The molecular weight excluding hydrogens is 318 g/mol. The number of carbonyl (C=O) groups excluding carboxylic acids is 1. The Morgan fingerprint density at radius 1 is 1.10 bits per heavy atom. The Morgan fingerprint density at radius 2 is 1.75 bits per heavy atom. The number of hydrogen-bond acceptors (Lipinski definition) is 2. The van der Waals surface area contributed by atoms with Crippen LogP contribution in [0.2, 0.25) is 0 Å². The van der Waals surface area contributed by atoms with Crippen molar-refractivity contribution in [3.05, 3.63) is 70.2 Å². The average Bonchev–Trinajstić information content (AvgIpc) is 2.48. The van der Waals surface area contributed by atoms with Crippen LogP contribution in [0, 0.1) is 0 Å². The Labute approximate surface area is 127 Å². The fraction of sp³-hybridized carbons (Fsp3) is 0.188. The summed E-state index contributed by atoms with van der Waals surface area (Å²) in [5.74, 6) is 0. The molecule has 0 heterocycles. The van der Waals surface area contributed by atoms with Gasteiger partial charge in [-0.2, -0.15) is 0 Å². The summed E-state index contributed by atoms with van der Waals surface area (Å²) in [7, 11) is 1.73. The van der Waals surface area contributed by atoms with E-state index in [-0.39, 0.29) is 6.09 Å². The van der Waals surface area contributed by atoms with Gasteiger partial charge in [0.05, 0.1) is 0 Å². The second-order valence-electron chi connectivity index (χ2n) is 4.49. The molecule has 0 N–H and O–H groups in total. The molecule has 2 rings (SSSR count). The SMILES string of the molecule is CN(Cc1ccccc1Br)C(=O)OCc1ccccc1. The molecule has 1 amide bonds. The lowest BCUT2D eigenvalue weighted by molar-refractivity contribution is 0.103. The van der Waals surface area contributed by atoms with E-state index in [1.54, 1.807) is 11.9 Å². The lowest BCUT2D eigenvalue weighted by Crippen LogP contribution is -2.27. The highest BCUT2D eigenvalue weighted by Crippen LogP contribution is 2.17. The van der Waals surface area contributed by atoms with Crippen LogP contribution in [0.4, 0.5) is 4.79 Å². The fourth-order valence-corrected chi connectivity index (χ4v) is 2.19. The highest BCUT2D eigenvalue weighted by atomic mass is 79.9. The van der Waals surface area contributed by atoms with Gasteiger partial charge in [-0.05, 0) is 17.2 Å². The van der Waals surface area contributed by atoms with E-state index in [2.05, 4.69) is 15.9 Å². The van der Waals surface area contributed by atoms with Crippen LogP contribution in [-0.2, 0) is 17.9 Å². The molecule has 4 heteroatoms. The number of halogens is 1. The van der Waals surface area contributed by atoms with Crippen molar-refractivity contribution < 1.29 is 9.53 Å². The van der Waals surface area contributed by atoms with Crippen LogP contribution >= 0.6 is 15.9 Å². The third-order valence-electron chi connectivity index (χ3n) is 2.88. The lowest BCUT2D eigenvalue weighted by atomic mass is 10.2. The number of carbonyl (C=O) groups is 1. The first-order valence-corrected chi connectivity index (χ1v) is 7.11. The van der Waals surface area contributed by atoms with Gasteiger partial charge in [-0.25, -0.2) is 4.79 Å². The maximum atomic E-state index is 11.9. The number of ether oxygens (including phenoxy) is 1. The molecule has 0 aliphatic carbocycles. The van der Waals surface area contributed by atoms with Crippen molar-refractivity contribution in [2.24, 2.45) is 0 Å². The van der Waals surface area contributed by atoms with E-state index < -0.39 is 0 Å². The average molecular weight is 334 g/mol. The summed E-state index contributed by atoms with van der Waals surface area (Å²) < 4.78 is 6.26. The summed E-state index contributed by atoms with van der Waals surface area (Å²) in [5.41, 5.74) is 2.03. The zero-order chi connectivity index (χ0) is 14.4. The number of benzene rings is 2. The van der Waals surface area contributed by atoms with E-state index in [1.165, 1.54) is 0 Å². The lowest BCUT2D eigenvalue weighted by Gasteiger charge is -2.17. The van der Waals surface area contributed by atoms with E-state index in [0.29, 0.717) is 13.2 Å². The molecule has 0 saturated carbocycles. The van der Waals surface area contributed by atoms with Crippen molar-refractivity contribution in [1.29, 1.82) is 0 Å². The summed E-state index contributed by atoms with van der Waals surface area (Å²) in [6.07, 6.45) is -0.329. The van der Waals surface area contributed by atoms with Crippen molar-refractivity contribution in [2.45, 2.75) is 13.2 Å². The first-order valence-electron chi connectivity index (χ1n) is 6.32. The van der Waals surface area contributed by atoms with Crippen LogP contribution < -0.4 is 0 Å². The molecule has 0 saturated heterocycles. The Morgan fingerprint density at radius 3 is 2.45 bits per heavy atom. The van der Waals surface area contributed by atoms with E-state index in [9.17, 15) is 4.79 Å². The summed E-state index contributed by atoms with van der Waals surface area (Å²) in [4.78, 5) is 13.5. The second-order valence-corrected chi connectivity index (χ2v) is 5.34. The second kappa shape index (κ2) is 7.10. The van der Waals surface area contributed by atoms with Crippen molar-refractivity contribution >= 4 is 22.0 Å². The van der Waals surface area contributed by atoms with E-state index in [0.717, 1.165) is 15.6 Å². The maximum absolute atomic E-state index is 11.9. The van der Waals surface area contributed by atoms with Crippen LogP contribution in [0.3, 0.4) is 0 Å². The number of rotatable bonds is 4. The smallest absolute Gasteiger partial charge is 0.410 e. The molecule has 0 fully saturated rings. The predicted molar refractivity (Wildman–Crippen MR) is 82.2 cm³/mol. The van der Waals surface area contributed by atoms with Gasteiger partial charge < -0.3 is 9.64 Å². The Hall–Kier alpha value is -1.81. The predicted octanol–water partition coefficient (Wildman–Crippen LogP) is 4.22. The zero-order valence-electron chi connectivity index (χ0n) is 11.3. The van der Waals surface area contributed by atoms with Crippen LogP contribution in [0.1, 0.15) is 11.1 Å². The molecule has 0 aromatic heterocycles. The van der Waals surface area contributed by atoms with Crippen LogP contribution in [-0.4, -0.2) is 18.0 Å². The Balaban J connectivity index is 1.88. The van der Waals surface area contributed by atoms with Crippen molar-refractivity contribution in [3.8, 4) is 0 Å². The highest BCUT2D eigenvalue weighted by molar-refractivity contribution is 9.10. The minimum Gasteiger partial charge on any atom is -0.445 e. The zero-order valence-corrected chi connectivity index (χ0v) is 12.8. The van der Waals surface area contributed by atoms with E-state index in [4.69, 9.17) is 4.74 Å². The summed E-state index contributed by atoms with van der Waals surface area (Å²) in [6, 6.07) is 17.5. The van der Waals surface area contributed by atoms with E-state index in [1.807, 2.05) is 54.6 Å². The molecule has 0 unspecified atom stereocenters. The largest absolute Gasteiger partial charge is 0.445 e. The van der Waals surface area contributed by atoms with Gasteiger partial charge in [0, 0.05) is 18.1 Å². The van der Waals surface area contributed by atoms with Gasteiger partial charge in [0.2, 0.25) is 0 Å². The maximum Gasteiger partial charge on any atom is 0.410 e. The van der Waals surface area contributed by atoms with Gasteiger partial charge in [-0.15, -0.1) is 0 Å². The fourth-order valence-electron chi connectivity index (χ4n) is 1.78. The minimum atomic E-state index is -0.329. The molecule has 104 valence electrons. The number of nitrogens with zero attached hydrogens (tertiary/aromatic N) is 1. The molecule has 20 heavy (non-hydrogen) atoms. The Kier molecular flexibility index (Phi) is 5.18. The Bertz CT molecular complexity index is 572. The summed E-state index contributed by atoms with van der Waals surface area (Å²) >= 11 is 3.47. The minimum absolute atomic E-state index is 0.292. The van der Waals surface area contributed by atoms with Crippen molar-refractivity contribution in [3.63, 3.8) is 0 Å². The van der Waals surface area contributed by atoms with Crippen LogP contribution in [0.25, 0.3) is 0 Å². The van der Waals surface area contributed by atoms with Gasteiger partial charge in [0.1, 0.15) is 6.61 Å². The highest BCUT2D eigenvalue weighted by Gasteiger charge is 2.11. The van der Waals surface area contributed by atoms with Gasteiger partial charge in [-0.3, -0.25) is 0 Å². The molecule has 0 aliphatic heterocycles. The van der Waals surface area contributed by atoms with Crippen molar-refractivity contribution in [1.82, 2.24) is 4.90 Å². The van der Waals surface area contributed by atoms with Gasteiger partial charge in [0.15, 0.2) is 0 Å². The number of hydrogen-bond donors (Lipinski definition) is 0. The molecular formula is C16H16BrNO2. The molecule has 3 nitrogen and oxygen atoms in total. The van der Waals surface area contributed by atoms with Crippen LogP contribution in [0.15, 0.2) is 59.1 Å². The standard InChI is InChI=1S/C16H16BrNO2/c1-18(11-14-9-5-6-10-15(14)17)16(19)20-12-13-7-3-2-4-8-13/h2-10H,11-12H2,1H3. The summed E-state index contributed by atoms with van der Waals surface area (Å²) in [5, 5.41) is 0. The van der Waals surface area contributed by atoms with Gasteiger partial charge in [-0.1, -0.05) is 64.5 Å². The molecule has 2 aromatic carbocycles. The van der Waals surface area contributed by atoms with E-state index >= 15 is 0 Å². The first kappa shape index (κ1) is 14.6. The molecule has 0 bridgehead atoms. The first-order chi connectivity index (χ1) is 9.66. The topological polar surface area (TPSA) is 29.5 Å². The quantitative estimate of drug-likeness (QED) is 0.838. The molecule has 0 radical (unpaired) electrons. The van der Waals surface area contributed by atoms with Gasteiger partial charge in [0.25, 0.3) is 0 Å². The van der Waals surface area contributed by atoms with Gasteiger partial charge >= 0.3 is 6.09 Å². The molecule has 0 atom stereocenters. The molecule has 2 aromatic rings. The third kappa shape index (κ3) is 4.10. The normalized spacial score (nSPS) is 10.1. The van der Waals surface area contributed by atoms with Crippen LogP contribution in [0.5, 0.6) is 0 Å². The number of amides is 1. The monoisotopic (exact) mass is 333 g/mol.